The van der Waals surface area contributed by atoms with E-state index < -0.39 is 61.7 Å². The van der Waals surface area contributed by atoms with Gasteiger partial charge in [-0.25, -0.2) is 24.0 Å². The van der Waals surface area contributed by atoms with E-state index in [1.807, 2.05) is 79.7 Å². The monoisotopic (exact) mass is 869 g/mol. The lowest BCUT2D eigenvalue weighted by Crippen LogP contribution is -2.64. The third-order valence-corrected chi connectivity index (χ3v) is 9.79. The molecule has 15 nitrogen and oxygen atoms in total. The van der Waals surface area contributed by atoms with Gasteiger partial charge in [0.15, 0.2) is 17.9 Å². The minimum atomic E-state index is -1.68. The standard InChI is InChI=1S/C49H51N5O10/c1-27-14-28(2)19-36(18-27)51-46(55)59-26-41-42(62-47(56)52-37-20-29(3)15-30(4)21-37)43(63-48(57)53-38-22-31(5)16-32(6)23-38)44(45(61-41)60-40-12-10-35(50-9)11-13-40)64-49(58)54-39-24-33(7)17-34(8)25-39/h10-25,41-45H,26H2,1-8H3,(H,51,55)(H,52,56)(H,53,57)(H,54,58)/t41-,42+,43+,44-,45+/m1/s1. The Kier molecular flexibility index (Phi) is 14.7. The maximum Gasteiger partial charge on any atom is 0.412 e. The summed E-state index contributed by atoms with van der Waals surface area (Å²) in [4.78, 5) is 58.6. The SMILES string of the molecule is [C-]#[N+]c1ccc(O[C@H]2O[C@H](COC(=O)Nc3cc(C)cc(C)c3)[C@H](OC(=O)Nc3cc(C)cc(C)c3)[C@H](OC(=O)Nc3cc(C)cc(C)c3)[C@H]2OC(=O)Nc2cc(C)cc(C)c2)cc1. The van der Waals surface area contributed by atoms with Crippen LogP contribution >= 0.6 is 0 Å². The van der Waals surface area contributed by atoms with Gasteiger partial charge in [0, 0.05) is 22.7 Å². The molecule has 0 unspecified atom stereocenters. The second-order valence-corrected chi connectivity index (χ2v) is 16.0. The minimum absolute atomic E-state index is 0.179. The fourth-order valence-electron chi connectivity index (χ4n) is 7.55. The van der Waals surface area contributed by atoms with Gasteiger partial charge in [-0.15, -0.1) is 0 Å². The molecule has 1 aliphatic rings. The lowest BCUT2D eigenvalue weighted by atomic mass is 9.98. The molecule has 6 rings (SSSR count). The van der Waals surface area contributed by atoms with Crippen molar-refractivity contribution in [3.8, 4) is 5.75 Å². The van der Waals surface area contributed by atoms with Crippen molar-refractivity contribution >= 4 is 52.8 Å². The molecule has 0 spiro atoms. The van der Waals surface area contributed by atoms with Gasteiger partial charge in [0.05, 0.1) is 6.57 Å². The molecule has 5 aromatic rings. The summed E-state index contributed by atoms with van der Waals surface area (Å²) in [5, 5.41) is 10.9. The highest BCUT2D eigenvalue weighted by Crippen LogP contribution is 2.33. The van der Waals surface area contributed by atoms with Gasteiger partial charge in [-0.3, -0.25) is 21.3 Å². The lowest BCUT2D eigenvalue weighted by molar-refractivity contribution is -0.272. The molecule has 0 aliphatic carbocycles. The van der Waals surface area contributed by atoms with Crippen molar-refractivity contribution in [1.29, 1.82) is 0 Å². The fourth-order valence-corrected chi connectivity index (χ4v) is 7.55. The number of benzene rings is 5. The molecule has 5 aromatic carbocycles. The van der Waals surface area contributed by atoms with Gasteiger partial charge >= 0.3 is 24.4 Å². The molecule has 1 aliphatic heterocycles. The maximum absolute atomic E-state index is 14.0. The summed E-state index contributed by atoms with van der Waals surface area (Å²) in [5.41, 5.74) is 9.06. The average Bonchev–Trinajstić information content (AvgIpc) is 3.18. The van der Waals surface area contributed by atoms with Gasteiger partial charge in [0.2, 0.25) is 12.4 Å². The zero-order valence-electron chi connectivity index (χ0n) is 36.9. The molecule has 0 bridgehead atoms. The van der Waals surface area contributed by atoms with Gasteiger partial charge in [0.25, 0.3) is 0 Å². The van der Waals surface area contributed by atoms with Crippen LogP contribution in [0, 0.1) is 62.0 Å². The molecule has 4 amide bonds. The fraction of sp³-hybridized carbons (Fsp3) is 0.286. The normalized spacial score (nSPS) is 17.8. The summed E-state index contributed by atoms with van der Waals surface area (Å²) in [7, 11) is 0. The quantitative estimate of drug-likeness (QED) is 0.0738. The summed E-state index contributed by atoms with van der Waals surface area (Å²) < 4.78 is 36.7. The predicted molar refractivity (Wildman–Crippen MR) is 242 cm³/mol. The number of amides is 4. The number of hydrogen-bond donors (Lipinski definition) is 4. The maximum atomic E-state index is 14.0. The van der Waals surface area contributed by atoms with Gasteiger partial charge in [-0.1, -0.05) is 36.4 Å². The highest BCUT2D eigenvalue weighted by atomic mass is 16.7. The average molecular weight is 870 g/mol. The number of anilines is 4. The van der Waals surface area contributed by atoms with Crippen molar-refractivity contribution in [2.24, 2.45) is 0 Å². The van der Waals surface area contributed by atoms with Crippen molar-refractivity contribution in [2.45, 2.75) is 86.1 Å². The number of nitrogens with zero attached hydrogens (tertiary/aromatic N) is 1. The van der Waals surface area contributed by atoms with E-state index in [0.29, 0.717) is 28.4 Å². The lowest BCUT2D eigenvalue weighted by Gasteiger charge is -2.44. The Morgan fingerprint density at radius 2 is 0.844 bits per heavy atom. The van der Waals surface area contributed by atoms with E-state index in [1.54, 1.807) is 48.5 Å². The number of hydrogen-bond acceptors (Lipinski definition) is 10. The van der Waals surface area contributed by atoms with Crippen LogP contribution in [0.15, 0.2) is 97.1 Å². The molecule has 5 atom stereocenters. The number of carbonyl (C=O) groups excluding carboxylic acids is 4. The Labute approximate surface area is 372 Å². The van der Waals surface area contributed by atoms with E-state index >= 15 is 0 Å². The van der Waals surface area contributed by atoms with E-state index in [4.69, 9.17) is 35.0 Å². The first-order valence-electron chi connectivity index (χ1n) is 20.5. The van der Waals surface area contributed by atoms with Crippen LogP contribution in [-0.2, 0) is 23.7 Å². The van der Waals surface area contributed by atoms with E-state index in [9.17, 15) is 19.2 Å². The number of carbonyl (C=O) groups is 4. The van der Waals surface area contributed by atoms with Gasteiger partial charge in [0.1, 0.15) is 18.5 Å². The van der Waals surface area contributed by atoms with Crippen molar-refractivity contribution in [3.63, 3.8) is 0 Å². The zero-order valence-corrected chi connectivity index (χ0v) is 36.9. The van der Waals surface area contributed by atoms with E-state index in [0.717, 1.165) is 44.5 Å². The Balaban J connectivity index is 1.40. The molecule has 15 heteroatoms. The third-order valence-electron chi connectivity index (χ3n) is 9.79. The molecule has 1 heterocycles. The number of aryl methyl sites for hydroxylation is 8. The predicted octanol–water partition coefficient (Wildman–Crippen LogP) is 10.9. The Bertz CT molecular complexity index is 2490. The highest BCUT2D eigenvalue weighted by Gasteiger charge is 2.54. The largest absolute Gasteiger partial charge is 0.461 e. The molecule has 1 saturated heterocycles. The van der Waals surface area contributed by atoms with Crippen LogP contribution in [-0.4, -0.2) is 61.7 Å². The number of rotatable bonds is 11. The summed E-state index contributed by atoms with van der Waals surface area (Å²) in [5.74, 6) is 0.179. The Morgan fingerprint density at radius 1 is 0.500 bits per heavy atom. The van der Waals surface area contributed by atoms with Crippen molar-refractivity contribution in [2.75, 3.05) is 27.9 Å². The number of ether oxygens (including phenoxy) is 6. The summed E-state index contributed by atoms with van der Waals surface area (Å²) in [6, 6.07) is 27.7. The van der Waals surface area contributed by atoms with Crippen molar-refractivity contribution in [1.82, 2.24) is 0 Å². The van der Waals surface area contributed by atoms with Gasteiger partial charge < -0.3 is 28.4 Å². The van der Waals surface area contributed by atoms with Crippen LogP contribution in [0.4, 0.5) is 47.6 Å². The molecule has 1 fully saturated rings. The van der Waals surface area contributed by atoms with Crippen LogP contribution in [0.1, 0.15) is 44.5 Å². The van der Waals surface area contributed by atoms with Crippen LogP contribution in [0.3, 0.4) is 0 Å². The third kappa shape index (κ3) is 13.0. The van der Waals surface area contributed by atoms with Crippen molar-refractivity contribution in [3.05, 3.63) is 153 Å². The van der Waals surface area contributed by atoms with Crippen LogP contribution < -0.4 is 26.0 Å². The molecule has 0 radical (unpaired) electrons. The first-order chi connectivity index (χ1) is 30.5. The van der Waals surface area contributed by atoms with E-state index in [-0.39, 0.29) is 5.75 Å². The second kappa shape index (κ2) is 20.5. The zero-order chi connectivity index (χ0) is 46.1. The Morgan fingerprint density at radius 3 is 1.22 bits per heavy atom. The molecule has 332 valence electrons. The molecule has 4 N–H and O–H groups in total. The summed E-state index contributed by atoms with van der Waals surface area (Å²) in [6.45, 7) is 21.8. The highest BCUT2D eigenvalue weighted by molar-refractivity contribution is 5.87. The minimum Gasteiger partial charge on any atom is -0.461 e. The topological polar surface area (TPSA) is 176 Å². The summed E-state index contributed by atoms with van der Waals surface area (Å²) in [6.07, 6.45) is -11.8. The molecule has 0 aromatic heterocycles. The number of nitrogens with one attached hydrogen (secondary N) is 4. The Hall–Kier alpha value is -7.57. The second-order valence-electron chi connectivity index (χ2n) is 16.0. The molecule has 64 heavy (non-hydrogen) atoms. The van der Waals surface area contributed by atoms with E-state index in [2.05, 4.69) is 26.1 Å². The molecular weight excluding hydrogens is 819 g/mol. The van der Waals surface area contributed by atoms with Crippen LogP contribution in [0.5, 0.6) is 5.75 Å². The summed E-state index contributed by atoms with van der Waals surface area (Å²) >= 11 is 0. The van der Waals surface area contributed by atoms with Crippen LogP contribution in [0.25, 0.3) is 4.85 Å². The first-order valence-corrected chi connectivity index (χ1v) is 20.5. The van der Waals surface area contributed by atoms with Gasteiger partial charge in [-0.2, -0.15) is 0 Å². The molecular formula is C49H51N5O10. The van der Waals surface area contributed by atoms with Crippen molar-refractivity contribution < 1.29 is 47.6 Å². The first kappa shape index (κ1) is 45.9. The van der Waals surface area contributed by atoms with Gasteiger partial charge in [-0.05, 0) is 161 Å². The molecule has 0 saturated carbocycles. The van der Waals surface area contributed by atoms with E-state index in [1.165, 1.54) is 24.3 Å². The van der Waals surface area contributed by atoms with Crippen LogP contribution in [0.2, 0.25) is 0 Å². The smallest absolute Gasteiger partial charge is 0.412 e.